The third-order valence-corrected chi connectivity index (χ3v) is 4.06. The van der Waals surface area contributed by atoms with Gasteiger partial charge >= 0.3 is 0 Å². The number of phenolic OH excluding ortho intramolecular Hbond substituents is 1. The number of phenols is 1. The summed E-state index contributed by atoms with van der Waals surface area (Å²) in [6.07, 6.45) is 4.44. The number of imidazole rings is 1. The lowest BCUT2D eigenvalue weighted by Crippen LogP contribution is -2.06. The predicted octanol–water partition coefficient (Wildman–Crippen LogP) is 3.78. The fourth-order valence-electron chi connectivity index (χ4n) is 2.87. The van der Waals surface area contributed by atoms with Crippen LogP contribution >= 0.6 is 0 Å². The molecule has 1 N–H and O–H groups in total. The molecule has 2 aromatic carbocycles. The van der Waals surface area contributed by atoms with Crippen LogP contribution in [0.5, 0.6) is 5.75 Å². The van der Waals surface area contributed by atoms with Gasteiger partial charge in [0.15, 0.2) is 0 Å². The number of rotatable bonds is 4. The summed E-state index contributed by atoms with van der Waals surface area (Å²) < 4.78 is 2.09. The molecule has 0 unspecified atom stereocenters. The van der Waals surface area contributed by atoms with Crippen molar-refractivity contribution in [2.75, 3.05) is 0 Å². The van der Waals surface area contributed by atoms with Crippen LogP contribution in [0.2, 0.25) is 0 Å². The number of aromatic hydroxyl groups is 1. The molecule has 0 atom stereocenters. The van der Waals surface area contributed by atoms with Gasteiger partial charge in [0.05, 0.1) is 5.52 Å². The Hall–Kier alpha value is -3.14. The zero-order valence-corrected chi connectivity index (χ0v) is 13.1. The minimum Gasteiger partial charge on any atom is -0.508 e. The highest BCUT2D eigenvalue weighted by molar-refractivity contribution is 5.78. The van der Waals surface area contributed by atoms with E-state index in [2.05, 4.69) is 27.8 Å². The number of aromatic nitrogens is 3. The summed E-state index contributed by atoms with van der Waals surface area (Å²) in [5.41, 5.74) is 3.04. The van der Waals surface area contributed by atoms with Gasteiger partial charge in [-0.3, -0.25) is 4.98 Å². The molecular weight excluding hydrogens is 298 g/mol. The predicted molar refractivity (Wildman–Crippen MR) is 94.0 cm³/mol. The highest BCUT2D eigenvalue weighted by atomic mass is 16.3. The van der Waals surface area contributed by atoms with Crippen molar-refractivity contribution < 1.29 is 5.11 Å². The number of pyridine rings is 1. The van der Waals surface area contributed by atoms with E-state index in [9.17, 15) is 5.11 Å². The van der Waals surface area contributed by atoms with Gasteiger partial charge in [0.1, 0.15) is 11.6 Å². The lowest BCUT2D eigenvalue weighted by molar-refractivity contribution is 0.474. The number of hydrogen-bond donors (Lipinski definition) is 1. The Balaban J connectivity index is 1.59. The fourth-order valence-corrected chi connectivity index (χ4v) is 2.87. The van der Waals surface area contributed by atoms with Crippen LogP contribution in [0.25, 0.3) is 10.9 Å². The average Bonchev–Trinajstić information content (AvgIpc) is 3.01. The largest absolute Gasteiger partial charge is 0.508 e. The lowest BCUT2D eigenvalue weighted by atomic mass is 10.1. The van der Waals surface area contributed by atoms with E-state index >= 15 is 0 Å². The Kier molecular flexibility index (Phi) is 3.71. The number of benzene rings is 2. The Morgan fingerprint density at radius 1 is 0.958 bits per heavy atom. The van der Waals surface area contributed by atoms with Crippen LogP contribution in [-0.2, 0) is 13.0 Å². The number of para-hydroxylation sites is 1. The van der Waals surface area contributed by atoms with E-state index in [4.69, 9.17) is 4.98 Å². The molecule has 0 amide bonds. The summed E-state index contributed by atoms with van der Waals surface area (Å²) >= 11 is 0. The average molecular weight is 315 g/mol. The van der Waals surface area contributed by atoms with Gasteiger partial charge in [-0.2, -0.15) is 0 Å². The molecule has 0 radical (unpaired) electrons. The zero-order valence-electron chi connectivity index (χ0n) is 13.1. The zero-order chi connectivity index (χ0) is 16.4. The van der Waals surface area contributed by atoms with E-state index in [0.29, 0.717) is 13.0 Å². The third kappa shape index (κ3) is 2.99. The van der Waals surface area contributed by atoms with Gasteiger partial charge in [0, 0.05) is 36.4 Å². The topological polar surface area (TPSA) is 50.9 Å². The van der Waals surface area contributed by atoms with Gasteiger partial charge in [-0.25, -0.2) is 4.98 Å². The molecule has 0 aliphatic heterocycles. The van der Waals surface area contributed by atoms with Crippen molar-refractivity contribution in [3.05, 3.63) is 90.1 Å². The normalized spacial score (nSPS) is 11.0. The quantitative estimate of drug-likeness (QED) is 0.623. The fraction of sp³-hybridized carbons (Fsp3) is 0.100. The van der Waals surface area contributed by atoms with Crippen molar-refractivity contribution in [1.82, 2.24) is 14.5 Å². The highest BCUT2D eigenvalue weighted by Gasteiger charge is 2.07. The van der Waals surface area contributed by atoms with Gasteiger partial charge in [-0.15, -0.1) is 0 Å². The second-order valence-electron chi connectivity index (χ2n) is 5.81. The van der Waals surface area contributed by atoms with Gasteiger partial charge in [-0.1, -0.05) is 36.4 Å². The first-order valence-corrected chi connectivity index (χ1v) is 7.90. The minimum absolute atomic E-state index is 0.283. The SMILES string of the molecule is Oc1cccc(Cn2ccnc2Cc2ccc3ccccc3n2)c1. The molecule has 0 spiro atoms. The smallest absolute Gasteiger partial charge is 0.115 e. The van der Waals surface area contributed by atoms with Crippen molar-refractivity contribution in [2.45, 2.75) is 13.0 Å². The second-order valence-corrected chi connectivity index (χ2v) is 5.81. The minimum atomic E-state index is 0.283. The van der Waals surface area contributed by atoms with E-state index in [-0.39, 0.29) is 5.75 Å². The first-order valence-electron chi connectivity index (χ1n) is 7.90. The number of hydrogen-bond acceptors (Lipinski definition) is 3. The molecule has 118 valence electrons. The van der Waals surface area contributed by atoms with Gasteiger partial charge < -0.3 is 9.67 Å². The lowest BCUT2D eigenvalue weighted by Gasteiger charge is -2.09. The van der Waals surface area contributed by atoms with Crippen LogP contribution in [0.4, 0.5) is 0 Å². The highest BCUT2D eigenvalue weighted by Crippen LogP contribution is 2.16. The van der Waals surface area contributed by atoms with E-state index in [1.54, 1.807) is 18.3 Å². The summed E-state index contributed by atoms with van der Waals surface area (Å²) in [5, 5.41) is 10.8. The number of fused-ring (bicyclic) bond motifs is 1. The Labute approximate surface area is 140 Å². The second kappa shape index (κ2) is 6.16. The molecule has 2 heterocycles. The maximum Gasteiger partial charge on any atom is 0.115 e. The van der Waals surface area contributed by atoms with Crippen LogP contribution in [0.1, 0.15) is 17.1 Å². The summed E-state index contributed by atoms with van der Waals surface area (Å²) in [4.78, 5) is 9.19. The first-order chi connectivity index (χ1) is 11.8. The van der Waals surface area contributed by atoms with E-state index in [0.717, 1.165) is 28.0 Å². The van der Waals surface area contributed by atoms with E-state index in [1.165, 1.54) is 0 Å². The molecule has 4 nitrogen and oxygen atoms in total. The van der Waals surface area contributed by atoms with Crippen LogP contribution in [0.15, 0.2) is 73.1 Å². The molecule has 0 aliphatic rings. The summed E-state index contributed by atoms with van der Waals surface area (Å²) in [6.45, 7) is 0.678. The summed E-state index contributed by atoms with van der Waals surface area (Å²) in [5.74, 6) is 1.24. The maximum atomic E-state index is 9.61. The number of nitrogens with zero attached hydrogens (tertiary/aromatic N) is 3. The Morgan fingerprint density at radius 3 is 2.79 bits per heavy atom. The van der Waals surface area contributed by atoms with Gasteiger partial charge in [-0.05, 0) is 29.8 Å². The van der Waals surface area contributed by atoms with Crippen LogP contribution in [-0.4, -0.2) is 19.6 Å². The molecule has 0 saturated heterocycles. The molecule has 2 aromatic heterocycles. The van der Waals surface area contributed by atoms with Crippen LogP contribution in [0, 0.1) is 0 Å². The van der Waals surface area contributed by atoms with Crippen molar-refractivity contribution in [3.63, 3.8) is 0 Å². The molecule has 4 rings (SSSR count). The summed E-state index contributed by atoms with van der Waals surface area (Å²) in [6, 6.07) is 19.6. The summed E-state index contributed by atoms with van der Waals surface area (Å²) in [7, 11) is 0. The van der Waals surface area contributed by atoms with Crippen molar-refractivity contribution in [3.8, 4) is 5.75 Å². The van der Waals surface area contributed by atoms with Crippen LogP contribution < -0.4 is 0 Å². The molecule has 0 fully saturated rings. The standard InChI is InChI=1S/C20H17N3O/c24-18-6-3-4-15(12-18)14-23-11-10-21-20(23)13-17-9-8-16-5-1-2-7-19(16)22-17/h1-12,24H,13-14H2. The van der Waals surface area contributed by atoms with Gasteiger partial charge in [0.25, 0.3) is 0 Å². The Bertz CT molecular complexity index is 991. The monoisotopic (exact) mass is 315 g/mol. The van der Waals surface area contributed by atoms with Crippen molar-refractivity contribution in [1.29, 1.82) is 0 Å². The molecule has 0 saturated carbocycles. The van der Waals surface area contributed by atoms with Gasteiger partial charge in [0.2, 0.25) is 0 Å². The molecular formula is C20H17N3O. The molecule has 4 aromatic rings. The van der Waals surface area contributed by atoms with Crippen molar-refractivity contribution in [2.24, 2.45) is 0 Å². The molecule has 24 heavy (non-hydrogen) atoms. The van der Waals surface area contributed by atoms with E-state index in [1.807, 2.05) is 36.5 Å². The van der Waals surface area contributed by atoms with Crippen LogP contribution in [0.3, 0.4) is 0 Å². The van der Waals surface area contributed by atoms with E-state index < -0.39 is 0 Å². The molecule has 0 aliphatic carbocycles. The molecule has 0 bridgehead atoms. The van der Waals surface area contributed by atoms with Crippen molar-refractivity contribution >= 4 is 10.9 Å². The first kappa shape index (κ1) is 14.5. The Morgan fingerprint density at radius 2 is 1.88 bits per heavy atom. The molecule has 4 heteroatoms. The third-order valence-electron chi connectivity index (χ3n) is 4.06. The maximum absolute atomic E-state index is 9.61.